The molecule has 1 aliphatic heterocycles. The van der Waals surface area contributed by atoms with Crippen LogP contribution < -0.4 is 5.32 Å². The first kappa shape index (κ1) is 15.2. The molecule has 2 aliphatic rings. The molecule has 4 rings (SSSR count). The molecule has 0 spiro atoms. The molecule has 5 heteroatoms. The molecule has 124 valence electrons. The van der Waals surface area contributed by atoms with Crippen molar-refractivity contribution in [3.63, 3.8) is 0 Å². The minimum Gasteiger partial charge on any atom is -0.378 e. The number of hydrogen-bond donors (Lipinski definition) is 1. The fraction of sp³-hybridized carbons (Fsp3) is 0.263. The zero-order valence-electron chi connectivity index (χ0n) is 12.6. The smallest absolute Gasteiger partial charge is 0.378 e. The number of fused-ring (bicyclic) bond motifs is 3. The summed E-state index contributed by atoms with van der Waals surface area (Å²) >= 11 is 0. The molecule has 0 radical (unpaired) electrons. The Kier molecular flexibility index (Phi) is 3.41. The van der Waals surface area contributed by atoms with E-state index in [9.17, 15) is 17.6 Å². The SMILES string of the molecule is Fc1ccc([C@H]2Nc3ccc(C(F)(F)F)cc3[C@H]3C=CC[C@H]32)cc1. The lowest BCUT2D eigenvalue weighted by molar-refractivity contribution is -0.137. The average molecular weight is 333 g/mol. The van der Waals surface area contributed by atoms with Crippen molar-refractivity contribution in [1.82, 2.24) is 0 Å². The summed E-state index contributed by atoms with van der Waals surface area (Å²) in [5.74, 6) is -0.226. The van der Waals surface area contributed by atoms with Gasteiger partial charge in [-0.3, -0.25) is 0 Å². The number of alkyl halides is 3. The fourth-order valence-corrected chi connectivity index (χ4v) is 3.77. The second-order valence-corrected chi connectivity index (χ2v) is 6.33. The summed E-state index contributed by atoms with van der Waals surface area (Å²) in [5, 5.41) is 3.35. The van der Waals surface area contributed by atoms with Crippen molar-refractivity contribution in [2.24, 2.45) is 5.92 Å². The molecule has 2 aromatic rings. The Morgan fingerprint density at radius 3 is 2.46 bits per heavy atom. The molecule has 0 aromatic heterocycles. The van der Waals surface area contributed by atoms with Crippen LogP contribution in [0.5, 0.6) is 0 Å². The lowest BCUT2D eigenvalue weighted by Gasteiger charge is -2.37. The molecule has 0 unspecified atom stereocenters. The van der Waals surface area contributed by atoms with Gasteiger partial charge < -0.3 is 5.32 Å². The second kappa shape index (κ2) is 5.36. The minimum atomic E-state index is -4.35. The van der Waals surface area contributed by atoms with Gasteiger partial charge in [0.15, 0.2) is 0 Å². The van der Waals surface area contributed by atoms with E-state index < -0.39 is 11.7 Å². The zero-order chi connectivity index (χ0) is 16.9. The number of rotatable bonds is 1. The fourth-order valence-electron chi connectivity index (χ4n) is 3.77. The standard InChI is InChI=1S/C19H15F4N/c20-13-7-4-11(5-8-13)18-15-3-1-2-14(15)16-10-12(19(21,22)23)6-9-17(16)24-18/h1-2,4-10,14-15,18,24H,3H2/t14-,15+,18+/m0/s1. The Morgan fingerprint density at radius 2 is 1.75 bits per heavy atom. The molecule has 2 aromatic carbocycles. The predicted molar refractivity (Wildman–Crippen MR) is 84.2 cm³/mol. The van der Waals surface area contributed by atoms with Gasteiger partial charge in [-0.2, -0.15) is 13.2 Å². The summed E-state index contributed by atoms with van der Waals surface area (Å²) in [4.78, 5) is 0. The summed E-state index contributed by atoms with van der Waals surface area (Å²) in [6.07, 6.45) is 0.444. The van der Waals surface area contributed by atoms with Gasteiger partial charge in [0.25, 0.3) is 0 Å². The third-order valence-electron chi connectivity index (χ3n) is 4.92. The van der Waals surface area contributed by atoms with Crippen molar-refractivity contribution in [2.75, 3.05) is 5.32 Å². The van der Waals surface area contributed by atoms with Crippen LogP contribution in [0, 0.1) is 11.7 Å². The number of halogens is 4. The van der Waals surface area contributed by atoms with E-state index in [-0.39, 0.29) is 23.7 Å². The summed E-state index contributed by atoms with van der Waals surface area (Å²) in [6, 6.07) is 10.1. The molecule has 0 bridgehead atoms. The van der Waals surface area contributed by atoms with Crippen LogP contribution in [0.3, 0.4) is 0 Å². The first-order valence-corrected chi connectivity index (χ1v) is 7.83. The third kappa shape index (κ3) is 2.48. The topological polar surface area (TPSA) is 12.0 Å². The van der Waals surface area contributed by atoms with Crippen LogP contribution in [-0.4, -0.2) is 0 Å². The van der Waals surface area contributed by atoms with E-state index in [1.165, 1.54) is 24.3 Å². The number of anilines is 1. The van der Waals surface area contributed by atoms with Gasteiger partial charge in [0, 0.05) is 11.6 Å². The normalized spacial score (nSPS) is 25.1. The van der Waals surface area contributed by atoms with Crippen molar-refractivity contribution in [3.8, 4) is 0 Å². The molecule has 24 heavy (non-hydrogen) atoms. The van der Waals surface area contributed by atoms with Gasteiger partial charge in [-0.05, 0) is 53.8 Å². The lowest BCUT2D eigenvalue weighted by Crippen LogP contribution is -2.29. The highest BCUT2D eigenvalue weighted by molar-refractivity contribution is 5.61. The number of hydrogen-bond acceptors (Lipinski definition) is 1. The Labute approximate surface area is 137 Å². The molecule has 0 fully saturated rings. The minimum absolute atomic E-state index is 0.0464. The monoisotopic (exact) mass is 333 g/mol. The summed E-state index contributed by atoms with van der Waals surface area (Å²) in [5.41, 5.74) is 1.72. The largest absolute Gasteiger partial charge is 0.416 e. The molecular formula is C19H15F4N. The Hall–Kier alpha value is -2.30. The Balaban J connectivity index is 1.76. The van der Waals surface area contributed by atoms with Crippen LogP contribution in [0.2, 0.25) is 0 Å². The summed E-state index contributed by atoms with van der Waals surface area (Å²) in [6.45, 7) is 0. The van der Waals surface area contributed by atoms with Crippen LogP contribution in [-0.2, 0) is 6.18 Å². The van der Waals surface area contributed by atoms with Gasteiger partial charge in [0.2, 0.25) is 0 Å². The lowest BCUT2D eigenvalue weighted by atomic mass is 9.76. The van der Waals surface area contributed by atoms with Gasteiger partial charge in [-0.15, -0.1) is 0 Å². The van der Waals surface area contributed by atoms with Crippen LogP contribution in [0.15, 0.2) is 54.6 Å². The first-order valence-electron chi connectivity index (χ1n) is 7.83. The molecule has 1 nitrogen and oxygen atoms in total. The number of benzene rings is 2. The van der Waals surface area contributed by atoms with E-state index in [0.29, 0.717) is 11.3 Å². The van der Waals surface area contributed by atoms with Crippen LogP contribution in [0.1, 0.15) is 35.1 Å². The van der Waals surface area contributed by atoms with E-state index in [1.54, 1.807) is 12.1 Å². The maximum Gasteiger partial charge on any atom is 0.416 e. The maximum absolute atomic E-state index is 13.2. The summed E-state index contributed by atoms with van der Waals surface area (Å²) < 4.78 is 52.2. The second-order valence-electron chi connectivity index (χ2n) is 6.33. The Morgan fingerprint density at radius 1 is 1.00 bits per heavy atom. The maximum atomic E-state index is 13.2. The highest BCUT2D eigenvalue weighted by atomic mass is 19.4. The summed E-state index contributed by atoms with van der Waals surface area (Å²) in [7, 11) is 0. The third-order valence-corrected chi connectivity index (χ3v) is 4.92. The van der Waals surface area contributed by atoms with Crippen LogP contribution >= 0.6 is 0 Å². The van der Waals surface area contributed by atoms with Crippen LogP contribution in [0.25, 0.3) is 0 Å². The quantitative estimate of drug-likeness (QED) is 0.524. The molecule has 0 saturated carbocycles. The number of nitrogens with one attached hydrogen (secondary N) is 1. The molecule has 3 atom stereocenters. The van der Waals surface area contributed by atoms with E-state index >= 15 is 0 Å². The van der Waals surface area contributed by atoms with Gasteiger partial charge in [-0.1, -0.05) is 24.3 Å². The van der Waals surface area contributed by atoms with Crippen LogP contribution in [0.4, 0.5) is 23.2 Å². The van der Waals surface area contributed by atoms with Gasteiger partial charge in [0.1, 0.15) is 5.82 Å². The van der Waals surface area contributed by atoms with Crippen molar-refractivity contribution in [2.45, 2.75) is 24.6 Å². The van der Waals surface area contributed by atoms with Crippen molar-refractivity contribution in [1.29, 1.82) is 0 Å². The van der Waals surface area contributed by atoms with E-state index in [2.05, 4.69) is 5.32 Å². The van der Waals surface area contributed by atoms with Gasteiger partial charge in [-0.25, -0.2) is 4.39 Å². The highest BCUT2D eigenvalue weighted by Crippen LogP contribution is 2.50. The van der Waals surface area contributed by atoms with E-state index in [0.717, 1.165) is 18.1 Å². The van der Waals surface area contributed by atoms with Gasteiger partial charge in [0.05, 0.1) is 11.6 Å². The average Bonchev–Trinajstić information content (AvgIpc) is 3.03. The predicted octanol–water partition coefficient (Wildman–Crippen LogP) is 5.67. The molecule has 1 heterocycles. The van der Waals surface area contributed by atoms with E-state index in [1.807, 2.05) is 12.2 Å². The molecule has 1 N–H and O–H groups in total. The highest BCUT2D eigenvalue weighted by Gasteiger charge is 2.39. The molecule has 0 saturated heterocycles. The first-order chi connectivity index (χ1) is 11.4. The molecular weight excluding hydrogens is 318 g/mol. The van der Waals surface area contributed by atoms with E-state index in [4.69, 9.17) is 0 Å². The Bertz CT molecular complexity index is 792. The van der Waals surface area contributed by atoms with Gasteiger partial charge >= 0.3 is 6.18 Å². The zero-order valence-corrected chi connectivity index (χ0v) is 12.6. The van der Waals surface area contributed by atoms with Crippen molar-refractivity contribution < 1.29 is 17.6 Å². The molecule has 1 aliphatic carbocycles. The van der Waals surface area contributed by atoms with Crippen molar-refractivity contribution in [3.05, 3.63) is 77.1 Å². The number of allylic oxidation sites excluding steroid dienone is 2. The molecule has 0 amide bonds. The van der Waals surface area contributed by atoms with Crippen molar-refractivity contribution >= 4 is 5.69 Å².